The Balaban J connectivity index is 1.44. The van der Waals surface area contributed by atoms with Crippen molar-refractivity contribution in [2.24, 2.45) is 11.8 Å². The number of nitrogens with zero attached hydrogens (tertiary/aromatic N) is 3. The van der Waals surface area contributed by atoms with Gasteiger partial charge in [0.1, 0.15) is 24.6 Å². The van der Waals surface area contributed by atoms with Crippen molar-refractivity contribution in [2.75, 3.05) is 43.7 Å². The van der Waals surface area contributed by atoms with Gasteiger partial charge in [0.15, 0.2) is 0 Å². The third-order valence-corrected chi connectivity index (χ3v) is 5.22. The molecule has 196 valence electrons. The standard InChI is InChI=1S/C24H33N5O7/c1-15(2)22(31)27-17-4-7-25-21(10-17)35-14-19(11-30)34-12-16(3)23(32)28-20-5-8-26-24(29-20)36-18-6-9-33-13-18/h4-5,7-8,10,15-16,18-19,30H,6,9,11-14H2,1-3H3,(H,25,27,31)(H,26,28,29,32)/t16?,18-,19-/m0/s1. The summed E-state index contributed by atoms with van der Waals surface area (Å²) in [4.78, 5) is 36.8. The van der Waals surface area contributed by atoms with Gasteiger partial charge in [0, 0.05) is 36.5 Å². The Morgan fingerprint density at radius 2 is 1.94 bits per heavy atom. The van der Waals surface area contributed by atoms with Gasteiger partial charge in [0.2, 0.25) is 17.7 Å². The fraction of sp³-hybridized carbons (Fsp3) is 0.542. The summed E-state index contributed by atoms with van der Waals surface area (Å²) in [6, 6.07) is 4.98. The van der Waals surface area contributed by atoms with Crippen molar-refractivity contribution in [1.82, 2.24) is 15.0 Å². The van der Waals surface area contributed by atoms with Crippen molar-refractivity contribution < 1.29 is 33.6 Å². The number of nitrogens with one attached hydrogen (secondary N) is 2. The first-order chi connectivity index (χ1) is 17.3. The van der Waals surface area contributed by atoms with Crippen molar-refractivity contribution in [3.05, 3.63) is 30.6 Å². The first-order valence-electron chi connectivity index (χ1n) is 11.8. The maximum Gasteiger partial charge on any atom is 0.318 e. The number of hydrogen-bond acceptors (Lipinski definition) is 10. The highest BCUT2D eigenvalue weighted by Gasteiger charge is 2.20. The monoisotopic (exact) mass is 503 g/mol. The summed E-state index contributed by atoms with van der Waals surface area (Å²) in [6.45, 7) is 6.16. The quantitative estimate of drug-likeness (QED) is 0.368. The molecule has 12 heteroatoms. The van der Waals surface area contributed by atoms with Crippen molar-refractivity contribution in [2.45, 2.75) is 39.4 Å². The Morgan fingerprint density at radius 1 is 1.14 bits per heavy atom. The minimum atomic E-state index is -0.677. The zero-order valence-corrected chi connectivity index (χ0v) is 20.7. The van der Waals surface area contributed by atoms with Crippen molar-refractivity contribution in [3.8, 4) is 11.9 Å². The van der Waals surface area contributed by atoms with Crippen LogP contribution in [0.25, 0.3) is 0 Å². The third kappa shape index (κ3) is 8.70. The Morgan fingerprint density at radius 3 is 2.67 bits per heavy atom. The second kappa shape index (κ2) is 13.7. The molecule has 1 unspecified atom stereocenters. The van der Waals surface area contributed by atoms with Crippen LogP contribution in [0.5, 0.6) is 11.9 Å². The van der Waals surface area contributed by atoms with E-state index < -0.39 is 12.0 Å². The van der Waals surface area contributed by atoms with Crippen LogP contribution >= 0.6 is 0 Å². The van der Waals surface area contributed by atoms with Gasteiger partial charge in [0.05, 0.1) is 32.3 Å². The molecule has 0 saturated carbocycles. The molecule has 3 N–H and O–H groups in total. The highest BCUT2D eigenvalue weighted by molar-refractivity contribution is 5.92. The number of carbonyl (C=O) groups excluding carboxylic acids is 2. The highest BCUT2D eigenvalue weighted by atomic mass is 16.6. The van der Waals surface area contributed by atoms with Crippen LogP contribution in [0.4, 0.5) is 11.5 Å². The molecule has 0 spiro atoms. The molecule has 0 radical (unpaired) electrons. The lowest BCUT2D eigenvalue weighted by Gasteiger charge is -2.19. The summed E-state index contributed by atoms with van der Waals surface area (Å²) >= 11 is 0. The number of aromatic nitrogens is 3. The first-order valence-corrected chi connectivity index (χ1v) is 11.8. The number of aliphatic hydroxyl groups excluding tert-OH is 1. The molecule has 1 fully saturated rings. The summed E-state index contributed by atoms with van der Waals surface area (Å²) in [5.74, 6) is -0.537. The molecule has 2 amide bonds. The van der Waals surface area contributed by atoms with Gasteiger partial charge in [-0.3, -0.25) is 9.59 Å². The molecule has 0 bridgehead atoms. The van der Waals surface area contributed by atoms with Crippen molar-refractivity contribution in [3.63, 3.8) is 0 Å². The summed E-state index contributed by atoms with van der Waals surface area (Å²) in [7, 11) is 0. The van der Waals surface area contributed by atoms with Crippen LogP contribution in [0.2, 0.25) is 0 Å². The van der Waals surface area contributed by atoms with Crippen LogP contribution in [-0.4, -0.2) is 77.1 Å². The van der Waals surface area contributed by atoms with Crippen LogP contribution in [0, 0.1) is 11.8 Å². The number of rotatable bonds is 13. The molecule has 12 nitrogen and oxygen atoms in total. The van der Waals surface area contributed by atoms with Crippen LogP contribution < -0.4 is 20.1 Å². The van der Waals surface area contributed by atoms with Gasteiger partial charge in [-0.1, -0.05) is 20.8 Å². The molecule has 36 heavy (non-hydrogen) atoms. The Kier molecular flexibility index (Phi) is 10.3. The number of anilines is 2. The van der Waals surface area contributed by atoms with Crippen LogP contribution in [0.1, 0.15) is 27.2 Å². The molecule has 0 aliphatic carbocycles. The molecule has 1 aliphatic heterocycles. The summed E-state index contributed by atoms with van der Waals surface area (Å²) in [6.07, 6.45) is 3.00. The Labute approximate surface area is 209 Å². The maximum atomic E-state index is 12.6. The maximum absolute atomic E-state index is 12.6. The minimum absolute atomic E-state index is 0.0108. The van der Waals surface area contributed by atoms with Gasteiger partial charge in [-0.05, 0) is 12.1 Å². The van der Waals surface area contributed by atoms with E-state index in [0.717, 1.165) is 6.42 Å². The molecule has 3 rings (SSSR count). The molecule has 1 saturated heterocycles. The largest absolute Gasteiger partial charge is 0.475 e. The number of aliphatic hydroxyl groups is 1. The summed E-state index contributed by atoms with van der Waals surface area (Å²) in [5.41, 5.74) is 0.556. The van der Waals surface area contributed by atoms with E-state index in [9.17, 15) is 14.7 Å². The molecular weight excluding hydrogens is 470 g/mol. The summed E-state index contributed by atoms with van der Waals surface area (Å²) < 4.78 is 22.2. The average Bonchev–Trinajstić information content (AvgIpc) is 3.37. The number of pyridine rings is 1. The molecule has 3 atom stereocenters. The lowest BCUT2D eigenvalue weighted by Crippen LogP contribution is -2.31. The number of hydrogen-bond donors (Lipinski definition) is 3. The van der Waals surface area contributed by atoms with Crippen molar-refractivity contribution >= 4 is 23.3 Å². The van der Waals surface area contributed by atoms with Gasteiger partial charge in [-0.15, -0.1) is 0 Å². The van der Waals surface area contributed by atoms with Crippen LogP contribution in [0.15, 0.2) is 30.6 Å². The molecule has 2 aromatic heterocycles. The second-order valence-electron chi connectivity index (χ2n) is 8.69. The van der Waals surface area contributed by atoms with E-state index in [4.69, 9.17) is 18.9 Å². The topological polar surface area (TPSA) is 154 Å². The van der Waals surface area contributed by atoms with E-state index in [1.54, 1.807) is 39.0 Å². The highest BCUT2D eigenvalue weighted by Crippen LogP contribution is 2.17. The van der Waals surface area contributed by atoms with Gasteiger partial charge in [0.25, 0.3) is 0 Å². The Hall–Kier alpha value is -3.35. The van der Waals surface area contributed by atoms with Gasteiger partial charge >= 0.3 is 6.01 Å². The van der Waals surface area contributed by atoms with E-state index >= 15 is 0 Å². The third-order valence-electron chi connectivity index (χ3n) is 5.22. The lowest BCUT2D eigenvalue weighted by atomic mass is 10.2. The van der Waals surface area contributed by atoms with E-state index in [1.807, 2.05) is 0 Å². The van der Waals surface area contributed by atoms with E-state index in [0.29, 0.717) is 24.7 Å². The SMILES string of the molecule is CC(C)C(=O)Nc1ccnc(OC[C@H](CO)OCC(C)C(=O)Nc2ccnc(O[C@H]3CCOC3)n2)c1. The molecule has 3 heterocycles. The van der Waals surface area contributed by atoms with E-state index in [1.165, 1.54) is 12.4 Å². The van der Waals surface area contributed by atoms with E-state index in [2.05, 4.69) is 25.6 Å². The number of ether oxygens (including phenoxy) is 4. The number of carbonyl (C=O) groups is 2. The van der Waals surface area contributed by atoms with Gasteiger partial charge in [-0.25, -0.2) is 9.97 Å². The predicted octanol–water partition coefficient (Wildman–Crippen LogP) is 1.66. The first kappa shape index (κ1) is 27.2. The lowest BCUT2D eigenvalue weighted by molar-refractivity contribution is -0.123. The average molecular weight is 504 g/mol. The zero-order valence-electron chi connectivity index (χ0n) is 20.7. The summed E-state index contributed by atoms with van der Waals surface area (Å²) in [5, 5.41) is 15.1. The molecular formula is C24H33N5O7. The second-order valence-corrected chi connectivity index (χ2v) is 8.69. The minimum Gasteiger partial charge on any atom is -0.475 e. The molecule has 0 aromatic carbocycles. The zero-order chi connectivity index (χ0) is 25.9. The van der Waals surface area contributed by atoms with Gasteiger partial charge in [-0.2, -0.15) is 4.98 Å². The normalized spacial score (nSPS) is 16.9. The smallest absolute Gasteiger partial charge is 0.318 e. The van der Waals surface area contributed by atoms with E-state index in [-0.39, 0.29) is 55.5 Å². The van der Waals surface area contributed by atoms with Crippen LogP contribution in [0.3, 0.4) is 0 Å². The molecule has 2 aromatic rings. The van der Waals surface area contributed by atoms with Crippen molar-refractivity contribution in [1.29, 1.82) is 0 Å². The fourth-order valence-corrected chi connectivity index (χ4v) is 3.01. The molecule has 1 aliphatic rings. The van der Waals surface area contributed by atoms with Gasteiger partial charge < -0.3 is 34.7 Å². The predicted molar refractivity (Wildman–Crippen MR) is 130 cm³/mol. The number of amides is 2. The fourth-order valence-electron chi connectivity index (χ4n) is 3.01. The Bertz CT molecular complexity index is 1000. The van der Waals surface area contributed by atoms with Crippen LogP contribution in [-0.2, 0) is 19.1 Å².